The molecule has 31 heavy (non-hydrogen) atoms. The van der Waals surface area contributed by atoms with Crippen LogP contribution in [0.5, 0.6) is 0 Å². The molecule has 0 aliphatic heterocycles. The van der Waals surface area contributed by atoms with E-state index < -0.39 is 12.1 Å². The number of amides is 2. The predicted molar refractivity (Wildman–Crippen MR) is 115 cm³/mol. The van der Waals surface area contributed by atoms with E-state index >= 15 is 0 Å². The highest BCUT2D eigenvalue weighted by Gasteiger charge is 2.33. The maximum absolute atomic E-state index is 12.4. The molecule has 0 radical (unpaired) electrons. The number of aliphatic carboxylic acids is 1. The third-order valence-electron chi connectivity index (χ3n) is 6.26. The smallest absolute Gasteiger partial charge is 0.407 e. The summed E-state index contributed by atoms with van der Waals surface area (Å²) in [6, 6.07) is 16.3. The molecule has 3 N–H and O–H groups in total. The number of ether oxygens (including phenoxy) is 1. The summed E-state index contributed by atoms with van der Waals surface area (Å²) in [4.78, 5) is 35.2. The fourth-order valence-electron chi connectivity index (χ4n) is 4.78. The van der Waals surface area contributed by atoms with E-state index in [9.17, 15) is 14.4 Å². The van der Waals surface area contributed by atoms with Crippen LogP contribution in [0.3, 0.4) is 0 Å². The fraction of sp³-hybridized carbons (Fsp3) is 0.375. The summed E-state index contributed by atoms with van der Waals surface area (Å²) in [7, 11) is 0. The lowest BCUT2D eigenvalue weighted by Crippen LogP contribution is -2.39. The van der Waals surface area contributed by atoms with Crippen molar-refractivity contribution < 1.29 is 24.2 Å². The number of carbonyl (C=O) groups excluding carboxylic acids is 2. The molecule has 7 nitrogen and oxygen atoms in total. The molecular weight excluding hydrogens is 396 g/mol. The molecule has 2 amide bonds. The molecule has 0 heterocycles. The van der Waals surface area contributed by atoms with E-state index in [1.54, 1.807) is 0 Å². The fourth-order valence-corrected chi connectivity index (χ4v) is 4.78. The minimum Gasteiger partial charge on any atom is -0.480 e. The van der Waals surface area contributed by atoms with Crippen LogP contribution in [-0.4, -0.2) is 42.8 Å². The number of alkyl carbamates (subject to hydrolysis) is 1. The molecular formula is C24H26N2O5. The Bertz CT molecular complexity index is 944. The Hall–Kier alpha value is -3.35. The largest absolute Gasteiger partial charge is 0.480 e. The number of fused-ring (bicyclic) bond motifs is 3. The van der Waals surface area contributed by atoms with Crippen molar-refractivity contribution in [3.63, 3.8) is 0 Å². The van der Waals surface area contributed by atoms with E-state index in [0.29, 0.717) is 13.0 Å². The van der Waals surface area contributed by atoms with E-state index in [2.05, 4.69) is 34.9 Å². The molecule has 4 rings (SSSR count). The lowest BCUT2D eigenvalue weighted by molar-refractivity contribution is -0.138. The van der Waals surface area contributed by atoms with Gasteiger partial charge in [-0.2, -0.15) is 0 Å². The van der Waals surface area contributed by atoms with Gasteiger partial charge in [-0.25, -0.2) is 4.79 Å². The monoisotopic (exact) mass is 422 g/mol. The maximum Gasteiger partial charge on any atom is 0.407 e. The Labute approximate surface area is 180 Å². The number of hydrogen-bond donors (Lipinski definition) is 3. The Morgan fingerprint density at radius 2 is 1.58 bits per heavy atom. The Morgan fingerprint density at radius 3 is 2.23 bits per heavy atom. The molecule has 7 heteroatoms. The van der Waals surface area contributed by atoms with Crippen LogP contribution >= 0.6 is 0 Å². The first-order valence-electron chi connectivity index (χ1n) is 10.6. The van der Waals surface area contributed by atoms with Crippen LogP contribution < -0.4 is 10.6 Å². The summed E-state index contributed by atoms with van der Waals surface area (Å²) >= 11 is 0. The van der Waals surface area contributed by atoms with Gasteiger partial charge in [0.05, 0.1) is 0 Å². The van der Waals surface area contributed by atoms with Gasteiger partial charge >= 0.3 is 12.1 Å². The van der Waals surface area contributed by atoms with Gasteiger partial charge < -0.3 is 20.5 Å². The van der Waals surface area contributed by atoms with Crippen molar-refractivity contribution in [3.05, 3.63) is 59.7 Å². The summed E-state index contributed by atoms with van der Waals surface area (Å²) in [6.07, 6.45) is 1.89. The number of hydrogen-bond acceptors (Lipinski definition) is 4. The first-order valence-corrected chi connectivity index (χ1v) is 10.6. The Balaban J connectivity index is 1.31. The second-order valence-electron chi connectivity index (χ2n) is 8.12. The van der Waals surface area contributed by atoms with Gasteiger partial charge in [-0.3, -0.25) is 9.59 Å². The zero-order valence-electron chi connectivity index (χ0n) is 17.2. The molecule has 0 spiro atoms. The Morgan fingerprint density at radius 1 is 0.935 bits per heavy atom. The number of benzene rings is 2. The van der Waals surface area contributed by atoms with E-state index in [0.717, 1.165) is 24.0 Å². The lowest BCUT2D eigenvalue weighted by atomic mass is 9.95. The number of carboxylic acids is 1. The van der Waals surface area contributed by atoms with Crippen LogP contribution in [0.4, 0.5) is 4.79 Å². The van der Waals surface area contributed by atoms with Crippen molar-refractivity contribution >= 4 is 18.0 Å². The zero-order valence-corrected chi connectivity index (χ0v) is 17.2. The number of carbonyl (C=O) groups is 3. The van der Waals surface area contributed by atoms with Crippen molar-refractivity contribution in [2.75, 3.05) is 19.7 Å². The number of nitrogens with one attached hydrogen (secondary N) is 2. The SMILES string of the molecule is O=C(O)CNC(=O)C1CCCC1CNC(=O)OCC1c2ccccc2-c2ccccc21. The molecule has 2 aliphatic carbocycles. The van der Waals surface area contributed by atoms with Crippen molar-refractivity contribution in [2.45, 2.75) is 25.2 Å². The Kier molecular flexibility index (Phi) is 6.21. The van der Waals surface area contributed by atoms with E-state index in [1.165, 1.54) is 11.1 Å². The molecule has 2 atom stereocenters. The van der Waals surface area contributed by atoms with Gasteiger partial charge in [0, 0.05) is 18.4 Å². The summed E-state index contributed by atoms with van der Waals surface area (Å²) in [5, 5.41) is 14.0. The third-order valence-corrected chi connectivity index (χ3v) is 6.26. The van der Waals surface area contributed by atoms with Crippen molar-refractivity contribution in [2.24, 2.45) is 11.8 Å². The van der Waals surface area contributed by atoms with Crippen molar-refractivity contribution in [3.8, 4) is 11.1 Å². The summed E-state index contributed by atoms with van der Waals surface area (Å²) in [5.74, 6) is -1.64. The first-order chi connectivity index (χ1) is 15.0. The second kappa shape index (κ2) is 9.20. The van der Waals surface area contributed by atoms with Gasteiger partial charge in [0.2, 0.25) is 5.91 Å². The van der Waals surface area contributed by atoms with Crippen LogP contribution in [0, 0.1) is 11.8 Å². The molecule has 162 valence electrons. The molecule has 2 aromatic rings. The van der Waals surface area contributed by atoms with Gasteiger partial charge in [0.25, 0.3) is 0 Å². The van der Waals surface area contributed by atoms with Crippen molar-refractivity contribution in [1.29, 1.82) is 0 Å². The van der Waals surface area contributed by atoms with E-state index in [1.807, 2.05) is 24.3 Å². The third kappa shape index (κ3) is 4.55. The zero-order chi connectivity index (χ0) is 21.8. The standard InChI is InChI=1S/C24H26N2O5/c27-22(28)13-25-23(29)16-11-5-6-15(16)12-26-24(30)31-14-21-19-9-3-1-7-17(19)18-8-2-4-10-20(18)21/h1-4,7-10,15-16,21H,5-6,11-14H2,(H,25,29)(H,26,30)(H,27,28). The maximum atomic E-state index is 12.4. The molecule has 0 aromatic heterocycles. The van der Waals surface area contributed by atoms with Gasteiger partial charge in [0.1, 0.15) is 13.2 Å². The minimum absolute atomic E-state index is 0.000763. The van der Waals surface area contributed by atoms with Gasteiger partial charge in [-0.1, -0.05) is 55.0 Å². The number of rotatable bonds is 7. The predicted octanol–water partition coefficient (Wildman–Crippen LogP) is 3.14. The quantitative estimate of drug-likeness (QED) is 0.636. The lowest BCUT2D eigenvalue weighted by Gasteiger charge is -2.20. The molecule has 2 aliphatic rings. The normalized spacial score (nSPS) is 19.4. The van der Waals surface area contributed by atoms with Gasteiger partial charge in [0.15, 0.2) is 0 Å². The highest BCUT2D eigenvalue weighted by Crippen LogP contribution is 2.44. The highest BCUT2D eigenvalue weighted by molar-refractivity contribution is 5.83. The first kappa shape index (κ1) is 20.9. The van der Waals surface area contributed by atoms with Crippen LogP contribution in [-0.2, 0) is 14.3 Å². The summed E-state index contributed by atoms with van der Waals surface area (Å²) in [6.45, 7) is 0.191. The van der Waals surface area contributed by atoms with Crippen molar-refractivity contribution in [1.82, 2.24) is 10.6 Å². The molecule has 2 unspecified atom stereocenters. The average molecular weight is 422 g/mol. The number of carboxylic acid groups (broad SMARTS) is 1. The molecule has 0 saturated heterocycles. The molecule has 2 aromatic carbocycles. The van der Waals surface area contributed by atoms with Gasteiger partial charge in [-0.15, -0.1) is 0 Å². The summed E-state index contributed by atoms with van der Waals surface area (Å²) in [5.41, 5.74) is 4.66. The second-order valence-corrected chi connectivity index (χ2v) is 8.12. The van der Waals surface area contributed by atoms with Crippen LogP contribution in [0.25, 0.3) is 11.1 Å². The summed E-state index contributed by atoms with van der Waals surface area (Å²) < 4.78 is 5.55. The topological polar surface area (TPSA) is 105 Å². The average Bonchev–Trinajstić information content (AvgIpc) is 3.37. The minimum atomic E-state index is -1.07. The van der Waals surface area contributed by atoms with E-state index in [-0.39, 0.29) is 36.8 Å². The molecule has 0 bridgehead atoms. The van der Waals surface area contributed by atoms with Crippen LogP contribution in [0.15, 0.2) is 48.5 Å². The molecule has 1 saturated carbocycles. The highest BCUT2D eigenvalue weighted by atomic mass is 16.5. The van der Waals surface area contributed by atoms with E-state index in [4.69, 9.17) is 9.84 Å². The molecule has 1 fully saturated rings. The van der Waals surface area contributed by atoms with Crippen LogP contribution in [0.2, 0.25) is 0 Å². The van der Waals surface area contributed by atoms with Crippen LogP contribution in [0.1, 0.15) is 36.3 Å². The van der Waals surface area contributed by atoms with Gasteiger partial charge in [-0.05, 0) is 41.0 Å².